The number of aromatic nitrogens is 2. The SMILES string of the molecule is C=CC1(C(=O)O)CC1.Nc1ncnc2c(F)ccc(-c3ccc(Cl)c(Cl)c3)c12. The van der Waals surface area contributed by atoms with Gasteiger partial charge in [0.1, 0.15) is 23.5 Å². The number of fused-ring (bicyclic) bond motifs is 1. The molecule has 0 radical (unpaired) electrons. The minimum Gasteiger partial charge on any atom is -0.481 e. The lowest BCUT2D eigenvalue weighted by atomic mass is 10.0. The van der Waals surface area contributed by atoms with Gasteiger partial charge in [0, 0.05) is 0 Å². The van der Waals surface area contributed by atoms with Gasteiger partial charge in [-0.3, -0.25) is 4.79 Å². The van der Waals surface area contributed by atoms with Crippen molar-refractivity contribution in [3.8, 4) is 11.1 Å². The molecule has 0 saturated heterocycles. The van der Waals surface area contributed by atoms with Gasteiger partial charge in [0.25, 0.3) is 0 Å². The van der Waals surface area contributed by atoms with Gasteiger partial charge in [-0.25, -0.2) is 14.4 Å². The smallest absolute Gasteiger partial charge is 0.313 e. The summed E-state index contributed by atoms with van der Waals surface area (Å²) in [5.41, 5.74) is 6.98. The standard InChI is InChI=1S/C14H8Cl2FN3.C6H8O2/c15-9-3-1-7(5-10(9)16)8-2-4-11(17)13-12(8)14(18)20-6-19-13;1-2-6(3-4-6)5(7)8/h1-6H,(H2,18,19,20);2H,1,3-4H2,(H,7,8). The molecule has 144 valence electrons. The molecule has 0 atom stereocenters. The molecule has 1 aliphatic rings. The van der Waals surface area contributed by atoms with Crippen LogP contribution in [0.4, 0.5) is 10.2 Å². The first kappa shape index (κ1) is 20.0. The van der Waals surface area contributed by atoms with Crippen LogP contribution in [-0.2, 0) is 4.79 Å². The Morgan fingerprint density at radius 3 is 2.46 bits per heavy atom. The van der Waals surface area contributed by atoms with E-state index in [1.165, 1.54) is 18.5 Å². The number of anilines is 1. The van der Waals surface area contributed by atoms with Gasteiger partial charge >= 0.3 is 5.97 Å². The molecule has 5 nitrogen and oxygen atoms in total. The molecule has 0 bridgehead atoms. The maximum atomic E-state index is 13.8. The lowest BCUT2D eigenvalue weighted by Crippen LogP contribution is -2.10. The average molecular weight is 420 g/mol. The Hall–Kier alpha value is -2.70. The second-order valence-corrected chi connectivity index (χ2v) is 7.19. The van der Waals surface area contributed by atoms with E-state index >= 15 is 0 Å². The number of aliphatic carboxylic acids is 1. The van der Waals surface area contributed by atoms with E-state index in [1.807, 2.05) is 0 Å². The Labute approximate surface area is 170 Å². The Morgan fingerprint density at radius 2 is 1.93 bits per heavy atom. The van der Waals surface area contributed by atoms with E-state index in [2.05, 4.69) is 16.5 Å². The molecule has 0 spiro atoms. The molecule has 1 aliphatic carbocycles. The summed E-state index contributed by atoms with van der Waals surface area (Å²) in [4.78, 5) is 18.1. The van der Waals surface area contributed by atoms with Gasteiger partial charge in [-0.05, 0) is 42.2 Å². The average Bonchev–Trinajstić information content (AvgIpc) is 3.47. The van der Waals surface area contributed by atoms with Crippen molar-refractivity contribution < 1.29 is 14.3 Å². The molecule has 1 aromatic heterocycles. The number of halogens is 3. The van der Waals surface area contributed by atoms with Crippen molar-refractivity contribution in [2.75, 3.05) is 5.73 Å². The van der Waals surface area contributed by atoms with Gasteiger partial charge in [0.05, 0.1) is 20.8 Å². The number of carboxylic acid groups (broad SMARTS) is 1. The molecule has 3 aromatic rings. The fraction of sp³-hybridized carbons (Fsp3) is 0.150. The van der Waals surface area contributed by atoms with E-state index in [9.17, 15) is 9.18 Å². The summed E-state index contributed by atoms with van der Waals surface area (Å²) in [6.45, 7) is 3.44. The number of nitrogen functional groups attached to an aromatic ring is 1. The zero-order valence-electron chi connectivity index (χ0n) is 14.6. The molecule has 1 fully saturated rings. The molecule has 3 N–H and O–H groups in total. The van der Waals surface area contributed by atoms with Crippen molar-refractivity contribution >= 4 is 45.9 Å². The number of carboxylic acids is 1. The molecule has 4 rings (SSSR count). The zero-order valence-corrected chi connectivity index (χ0v) is 16.1. The molecular formula is C20H16Cl2FN3O2. The van der Waals surface area contributed by atoms with Crippen LogP contribution in [-0.4, -0.2) is 21.0 Å². The molecule has 0 amide bonds. The Bertz CT molecular complexity index is 1080. The number of rotatable bonds is 3. The third-order valence-electron chi connectivity index (χ3n) is 4.60. The van der Waals surface area contributed by atoms with E-state index in [-0.39, 0.29) is 11.3 Å². The summed E-state index contributed by atoms with van der Waals surface area (Å²) in [6.07, 6.45) is 4.30. The number of nitrogens with zero attached hydrogens (tertiary/aromatic N) is 2. The van der Waals surface area contributed by atoms with Crippen LogP contribution >= 0.6 is 23.2 Å². The number of hydrogen-bond donors (Lipinski definition) is 2. The quantitative estimate of drug-likeness (QED) is 0.557. The minimum absolute atomic E-state index is 0.182. The molecule has 8 heteroatoms. The maximum absolute atomic E-state index is 13.8. The Kier molecular flexibility index (Phi) is 5.54. The van der Waals surface area contributed by atoms with Crippen LogP contribution in [0, 0.1) is 11.2 Å². The Morgan fingerprint density at radius 1 is 1.21 bits per heavy atom. The van der Waals surface area contributed by atoms with Crippen molar-refractivity contribution in [2.24, 2.45) is 5.41 Å². The van der Waals surface area contributed by atoms with Crippen LogP contribution in [0.3, 0.4) is 0 Å². The van der Waals surface area contributed by atoms with Gasteiger partial charge in [0.15, 0.2) is 0 Å². The van der Waals surface area contributed by atoms with Crippen molar-refractivity contribution in [3.63, 3.8) is 0 Å². The number of carbonyl (C=O) groups is 1. The van der Waals surface area contributed by atoms with Crippen molar-refractivity contribution in [2.45, 2.75) is 12.8 Å². The second kappa shape index (κ2) is 7.73. The van der Waals surface area contributed by atoms with Crippen molar-refractivity contribution in [1.29, 1.82) is 0 Å². The van der Waals surface area contributed by atoms with E-state index in [0.29, 0.717) is 21.0 Å². The summed E-state index contributed by atoms with van der Waals surface area (Å²) in [7, 11) is 0. The van der Waals surface area contributed by atoms with E-state index < -0.39 is 17.2 Å². The maximum Gasteiger partial charge on any atom is 0.313 e. The fourth-order valence-electron chi connectivity index (χ4n) is 2.71. The van der Waals surface area contributed by atoms with Gasteiger partial charge in [0.2, 0.25) is 0 Å². The largest absolute Gasteiger partial charge is 0.481 e. The molecule has 0 unspecified atom stereocenters. The predicted molar refractivity (Wildman–Crippen MR) is 109 cm³/mol. The first-order chi connectivity index (χ1) is 13.3. The zero-order chi connectivity index (χ0) is 20.5. The highest BCUT2D eigenvalue weighted by atomic mass is 35.5. The molecule has 1 saturated carbocycles. The number of hydrogen-bond acceptors (Lipinski definition) is 4. The summed E-state index contributed by atoms with van der Waals surface area (Å²) < 4.78 is 13.8. The minimum atomic E-state index is -0.729. The Balaban J connectivity index is 0.000000236. The van der Waals surface area contributed by atoms with Crippen molar-refractivity contribution in [3.05, 3.63) is 65.2 Å². The first-order valence-corrected chi connectivity index (χ1v) is 9.06. The van der Waals surface area contributed by atoms with Crippen molar-refractivity contribution in [1.82, 2.24) is 9.97 Å². The van der Waals surface area contributed by atoms with Gasteiger partial charge in [-0.1, -0.05) is 41.4 Å². The van der Waals surface area contributed by atoms with E-state index in [4.69, 9.17) is 34.0 Å². The van der Waals surface area contributed by atoms with E-state index in [0.717, 1.165) is 18.4 Å². The third-order valence-corrected chi connectivity index (χ3v) is 5.34. The summed E-state index contributed by atoms with van der Waals surface area (Å²) >= 11 is 11.9. The van der Waals surface area contributed by atoms with Crippen LogP contribution in [0.1, 0.15) is 12.8 Å². The van der Waals surface area contributed by atoms with Crippen LogP contribution < -0.4 is 5.73 Å². The topological polar surface area (TPSA) is 89.1 Å². The first-order valence-electron chi connectivity index (χ1n) is 8.30. The number of nitrogens with two attached hydrogens (primary N) is 1. The lowest BCUT2D eigenvalue weighted by molar-refractivity contribution is -0.141. The normalized spacial score (nSPS) is 14.1. The highest BCUT2D eigenvalue weighted by Gasteiger charge is 2.47. The third kappa shape index (κ3) is 3.79. The van der Waals surface area contributed by atoms with Gasteiger partial charge in [-0.2, -0.15) is 0 Å². The monoisotopic (exact) mass is 419 g/mol. The lowest BCUT2D eigenvalue weighted by Gasteiger charge is -2.09. The predicted octanol–water partition coefficient (Wildman–Crippen LogP) is 5.36. The highest BCUT2D eigenvalue weighted by Crippen LogP contribution is 2.46. The summed E-state index contributed by atoms with van der Waals surface area (Å²) in [5.74, 6) is -0.957. The van der Waals surface area contributed by atoms with Crippen LogP contribution in [0.15, 0.2) is 49.3 Å². The van der Waals surface area contributed by atoms with Gasteiger partial charge < -0.3 is 10.8 Å². The van der Waals surface area contributed by atoms with Gasteiger partial charge in [-0.15, -0.1) is 6.58 Å². The van der Waals surface area contributed by atoms with E-state index in [1.54, 1.807) is 24.3 Å². The fourth-order valence-corrected chi connectivity index (χ4v) is 3.01. The molecule has 2 aromatic carbocycles. The molecule has 28 heavy (non-hydrogen) atoms. The molecular weight excluding hydrogens is 404 g/mol. The second-order valence-electron chi connectivity index (χ2n) is 6.37. The van der Waals surface area contributed by atoms with Crippen LogP contribution in [0.5, 0.6) is 0 Å². The summed E-state index contributed by atoms with van der Waals surface area (Å²) in [6, 6.07) is 8.12. The van der Waals surface area contributed by atoms with Crippen LogP contribution in [0.2, 0.25) is 10.0 Å². The molecule has 1 heterocycles. The molecule has 0 aliphatic heterocycles. The van der Waals surface area contributed by atoms with Crippen LogP contribution in [0.25, 0.3) is 22.0 Å². The summed E-state index contributed by atoms with van der Waals surface area (Å²) in [5, 5.41) is 9.76. The number of benzene rings is 2. The highest BCUT2D eigenvalue weighted by molar-refractivity contribution is 6.42.